The van der Waals surface area contributed by atoms with Gasteiger partial charge in [-0.25, -0.2) is 4.39 Å². The van der Waals surface area contributed by atoms with Crippen LogP contribution in [0.5, 0.6) is 5.75 Å². The molecule has 0 spiro atoms. The molecule has 1 unspecified atom stereocenters. The third-order valence-corrected chi connectivity index (χ3v) is 4.55. The van der Waals surface area contributed by atoms with Crippen LogP contribution in [0.3, 0.4) is 0 Å². The topological polar surface area (TPSA) is 79.9 Å². The number of nitrogens with zero attached hydrogens (tertiary/aromatic N) is 1. The summed E-state index contributed by atoms with van der Waals surface area (Å²) in [7, 11) is 1.48. The number of nitrogens with one attached hydrogen (secondary N) is 2. The molecule has 1 aliphatic heterocycles. The molecule has 1 aromatic carbocycles. The van der Waals surface area contributed by atoms with E-state index in [2.05, 4.69) is 10.6 Å². The minimum absolute atomic E-state index is 0.0364. The fourth-order valence-electron chi connectivity index (χ4n) is 3.04. The Kier molecular flexibility index (Phi) is 8.66. The molecule has 0 bridgehead atoms. The number of carbonyl (C=O) groups is 2. The van der Waals surface area contributed by atoms with Gasteiger partial charge in [-0.1, -0.05) is 6.07 Å². The SMILES string of the molecule is COc1ccc(CN2CCNC(=O)C2CC(=O)NCCCOC(C)C)c(F)c1. The summed E-state index contributed by atoms with van der Waals surface area (Å²) in [6.45, 7) is 6.26. The van der Waals surface area contributed by atoms with Gasteiger partial charge in [-0.3, -0.25) is 14.5 Å². The smallest absolute Gasteiger partial charge is 0.237 e. The monoisotopic (exact) mass is 395 g/mol. The Bertz CT molecular complexity index is 669. The molecular weight excluding hydrogens is 365 g/mol. The van der Waals surface area contributed by atoms with Gasteiger partial charge < -0.3 is 20.1 Å². The summed E-state index contributed by atoms with van der Waals surface area (Å²) in [6.07, 6.45) is 0.907. The van der Waals surface area contributed by atoms with Crippen molar-refractivity contribution in [2.24, 2.45) is 0 Å². The number of benzene rings is 1. The van der Waals surface area contributed by atoms with Crippen LogP contribution in [0.1, 0.15) is 32.3 Å². The average molecular weight is 395 g/mol. The van der Waals surface area contributed by atoms with E-state index in [0.29, 0.717) is 44.0 Å². The number of amides is 2. The molecule has 0 aliphatic carbocycles. The van der Waals surface area contributed by atoms with Gasteiger partial charge in [-0.05, 0) is 26.3 Å². The first-order valence-corrected chi connectivity index (χ1v) is 9.63. The number of carbonyl (C=O) groups excluding carboxylic acids is 2. The fourth-order valence-corrected chi connectivity index (χ4v) is 3.04. The molecule has 2 amide bonds. The molecule has 2 N–H and O–H groups in total. The third-order valence-electron chi connectivity index (χ3n) is 4.55. The molecule has 0 saturated carbocycles. The third kappa shape index (κ3) is 6.76. The normalized spacial score (nSPS) is 17.5. The summed E-state index contributed by atoms with van der Waals surface area (Å²) >= 11 is 0. The van der Waals surface area contributed by atoms with E-state index in [1.54, 1.807) is 12.1 Å². The van der Waals surface area contributed by atoms with E-state index in [9.17, 15) is 14.0 Å². The van der Waals surface area contributed by atoms with Gasteiger partial charge in [0.25, 0.3) is 0 Å². The van der Waals surface area contributed by atoms with Crippen LogP contribution in [0.25, 0.3) is 0 Å². The quantitative estimate of drug-likeness (QED) is 0.587. The van der Waals surface area contributed by atoms with Gasteiger partial charge in [0.1, 0.15) is 11.6 Å². The van der Waals surface area contributed by atoms with Crippen LogP contribution in [0.4, 0.5) is 4.39 Å². The molecule has 1 aliphatic rings. The Labute approximate surface area is 165 Å². The lowest BCUT2D eigenvalue weighted by Gasteiger charge is -2.34. The summed E-state index contributed by atoms with van der Waals surface area (Å²) in [5, 5.41) is 5.60. The second kappa shape index (κ2) is 11.0. The maximum atomic E-state index is 14.3. The van der Waals surface area contributed by atoms with Crippen LogP contribution in [0, 0.1) is 5.82 Å². The molecule has 0 aromatic heterocycles. The van der Waals surface area contributed by atoms with Crippen molar-refractivity contribution in [3.8, 4) is 5.75 Å². The highest BCUT2D eigenvalue weighted by Crippen LogP contribution is 2.20. The molecule has 156 valence electrons. The minimum atomic E-state index is -0.623. The highest BCUT2D eigenvalue weighted by molar-refractivity contribution is 5.88. The van der Waals surface area contributed by atoms with Crippen molar-refractivity contribution in [3.63, 3.8) is 0 Å². The van der Waals surface area contributed by atoms with E-state index in [1.165, 1.54) is 13.2 Å². The Morgan fingerprint density at radius 1 is 1.43 bits per heavy atom. The number of hydrogen-bond acceptors (Lipinski definition) is 5. The maximum absolute atomic E-state index is 14.3. The van der Waals surface area contributed by atoms with Crippen molar-refractivity contribution >= 4 is 11.8 Å². The molecule has 1 fully saturated rings. The zero-order valence-corrected chi connectivity index (χ0v) is 16.8. The Balaban J connectivity index is 1.91. The number of rotatable bonds is 10. The Morgan fingerprint density at radius 3 is 2.89 bits per heavy atom. The number of halogens is 1. The summed E-state index contributed by atoms with van der Waals surface area (Å²) in [5.74, 6) is -0.362. The molecule has 1 atom stereocenters. The highest BCUT2D eigenvalue weighted by atomic mass is 19.1. The highest BCUT2D eigenvalue weighted by Gasteiger charge is 2.32. The van der Waals surface area contributed by atoms with Crippen LogP contribution in [0.15, 0.2) is 18.2 Å². The number of methoxy groups -OCH3 is 1. The van der Waals surface area contributed by atoms with E-state index in [1.807, 2.05) is 18.7 Å². The summed E-state index contributed by atoms with van der Waals surface area (Å²) in [5.41, 5.74) is 0.465. The van der Waals surface area contributed by atoms with Gasteiger partial charge in [0, 0.05) is 44.4 Å². The van der Waals surface area contributed by atoms with Crippen molar-refractivity contribution in [3.05, 3.63) is 29.6 Å². The summed E-state index contributed by atoms with van der Waals surface area (Å²) in [4.78, 5) is 26.4. The Morgan fingerprint density at radius 2 is 2.21 bits per heavy atom. The van der Waals surface area contributed by atoms with E-state index in [4.69, 9.17) is 9.47 Å². The van der Waals surface area contributed by atoms with Gasteiger partial charge in [0.2, 0.25) is 11.8 Å². The van der Waals surface area contributed by atoms with Gasteiger partial charge in [-0.2, -0.15) is 0 Å². The van der Waals surface area contributed by atoms with Crippen molar-refractivity contribution in [2.45, 2.75) is 45.4 Å². The van der Waals surface area contributed by atoms with Crippen LogP contribution >= 0.6 is 0 Å². The van der Waals surface area contributed by atoms with E-state index >= 15 is 0 Å². The van der Waals surface area contributed by atoms with Crippen LogP contribution in [0.2, 0.25) is 0 Å². The molecule has 28 heavy (non-hydrogen) atoms. The van der Waals surface area contributed by atoms with Crippen molar-refractivity contribution < 1.29 is 23.5 Å². The molecular formula is C20H30FN3O4. The second-order valence-electron chi connectivity index (χ2n) is 7.06. The van der Waals surface area contributed by atoms with Gasteiger partial charge in [0.05, 0.1) is 25.7 Å². The predicted octanol–water partition coefficient (Wildman–Crippen LogP) is 1.46. The molecule has 1 heterocycles. The van der Waals surface area contributed by atoms with Crippen molar-refractivity contribution in [2.75, 3.05) is 33.4 Å². The van der Waals surface area contributed by atoms with E-state index in [-0.39, 0.29) is 30.9 Å². The largest absolute Gasteiger partial charge is 0.497 e. The van der Waals surface area contributed by atoms with Gasteiger partial charge in [0.15, 0.2) is 0 Å². The van der Waals surface area contributed by atoms with E-state index < -0.39 is 11.9 Å². The van der Waals surface area contributed by atoms with Gasteiger partial charge >= 0.3 is 0 Å². The molecule has 2 rings (SSSR count). The standard InChI is InChI=1S/C20H30FN3O4/c1-14(2)28-10-4-7-22-19(25)12-18-20(26)23-8-9-24(18)13-15-5-6-16(27-3)11-17(15)21/h5-6,11,14,18H,4,7-10,12-13H2,1-3H3,(H,22,25)(H,23,26). The Hall–Kier alpha value is -2.19. The van der Waals surface area contributed by atoms with Crippen molar-refractivity contribution in [1.82, 2.24) is 15.5 Å². The van der Waals surface area contributed by atoms with Crippen molar-refractivity contribution in [1.29, 1.82) is 0 Å². The number of ether oxygens (including phenoxy) is 2. The van der Waals surface area contributed by atoms with Crippen LogP contribution < -0.4 is 15.4 Å². The lowest BCUT2D eigenvalue weighted by Crippen LogP contribution is -2.56. The average Bonchev–Trinajstić information content (AvgIpc) is 2.65. The maximum Gasteiger partial charge on any atom is 0.237 e. The summed E-state index contributed by atoms with van der Waals surface area (Å²) < 4.78 is 24.7. The molecule has 7 nitrogen and oxygen atoms in total. The van der Waals surface area contributed by atoms with E-state index in [0.717, 1.165) is 0 Å². The molecule has 1 aromatic rings. The first-order valence-electron chi connectivity index (χ1n) is 9.63. The van der Waals surface area contributed by atoms with Gasteiger partial charge in [-0.15, -0.1) is 0 Å². The number of hydrogen-bond donors (Lipinski definition) is 2. The lowest BCUT2D eigenvalue weighted by molar-refractivity contribution is -0.134. The lowest BCUT2D eigenvalue weighted by atomic mass is 10.1. The zero-order valence-electron chi connectivity index (χ0n) is 16.8. The van der Waals surface area contributed by atoms with Crippen LogP contribution in [-0.4, -0.2) is 62.2 Å². The first kappa shape index (κ1) is 22.1. The molecule has 8 heteroatoms. The first-order chi connectivity index (χ1) is 13.4. The summed E-state index contributed by atoms with van der Waals surface area (Å²) in [6, 6.07) is 4.03. The fraction of sp³-hybridized carbons (Fsp3) is 0.600. The second-order valence-corrected chi connectivity index (χ2v) is 7.06. The van der Waals surface area contributed by atoms with Crippen LogP contribution in [-0.2, 0) is 20.9 Å². The molecule has 1 saturated heterocycles. The molecule has 0 radical (unpaired) electrons. The zero-order chi connectivity index (χ0) is 20.5. The minimum Gasteiger partial charge on any atom is -0.497 e. The number of piperazine rings is 1. The predicted molar refractivity (Wildman–Crippen MR) is 103 cm³/mol.